The first-order chi connectivity index (χ1) is 2.00. The van der Waals surface area contributed by atoms with Gasteiger partial charge in [-0.15, -0.1) is 0 Å². The Balaban J connectivity index is -0.0000000133. The zero-order chi connectivity index (χ0) is 4.50. The van der Waals surface area contributed by atoms with Crippen molar-refractivity contribution in [3.8, 4) is 0 Å². The van der Waals surface area contributed by atoms with Crippen LogP contribution in [0.15, 0.2) is 0 Å². The van der Waals surface area contributed by atoms with Crippen molar-refractivity contribution in [2.45, 2.75) is 0 Å². The first-order valence-electron chi connectivity index (χ1n) is 0.667. The van der Waals surface area contributed by atoms with E-state index < -0.39 is 13.6 Å². The zero-order valence-corrected chi connectivity index (χ0v) is 6.32. The number of hydrogen-bond donors (Lipinski definition) is 0. The molecular formula is H4CrLi2O6. The summed E-state index contributed by atoms with van der Waals surface area (Å²) >= 11 is -5.75. The first kappa shape index (κ1) is 32.0. The Morgan fingerprint density at radius 2 is 0.889 bits per heavy atom. The van der Waals surface area contributed by atoms with Gasteiger partial charge in [0.25, 0.3) is 0 Å². The quantitative estimate of drug-likeness (QED) is 0.329. The molecule has 0 aliphatic carbocycles. The molecule has 9 heteroatoms. The molecule has 0 atom stereocenters. The Morgan fingerprint density at radius 1 is 0.889 bits per heavy atom. The van der Waals surface area contributed by atoms with Gasteiger partial charge in [0.1, 0.15) is 0 Å². The molecule has 48 valence electrons. The normalized spacial score (nSPS) is 6.44. The van der Waals surface area contributed by atoms with Crippen LogP contribution in [0.1, 0.15) is 0 Å². The second kappa shape index (κ2) is 11.9. The van der Waals surface area contributed by atoms with E-state index in [0.29, 0.717) is 0 Å². The third kappa shape index (κ3) is 346. The SMILES string of the molecule is O.O.[Li+].[Li+].[O]=[Cr](=[O])([O-])[O-]. The fraction of sp³-hybridized carbons (Fsp3) is 0. The first-order valence-corrected chi connectivity index (χ1v) is 2.75. The van der Waals surface area contributed by atoms with Crippen LogP contribution in [0.2, 0.25) is 0 Å². The van der Waals surface area contributed by atoms with Gasteiger partial charge < -0.3 is 11.0 Å². The molecule has 0 bridgehead atoms. The molecule has 0 aromatic rings. The van der Waals surface area contributed by atoms with Crippen molar-refractivity contribution in [1.82, 2.24) is 0 Å². The Labute approximate surface area is 78.0 Å². The third-order valence-corrected chi connectivity index (χ3v) is 0. The Hall–Kier alpha value is 1.17. The molecule has 0 spiro atoms. The van der Waals surface area contributed by atoms with Gasteiger partial charge in [0.05, 0.1) is 0 Å². The van der Waals surface area contributed by atoms with Gasteiger partial charge in [-0.05, 0) is 0 Å². The van der Waals surface area contributed by atoms with Crippen molar-refractivity contribution in [2.75, 3.05) is 0 Å². The summed E-state index contributed by atoms with van der Waals surface area (Å²) in [5.74, 6) is 0. The van der Waals surface area contributed by atoms with Crippen LogP contribution >= 0.6 is 0 Å². The van der Waals surface area contributed by atoms with E-state index in [1.54, 1.807) is 0 Å². The molecule has 4 N–H and O–H groups in total. The van der Waals surface area contributed by atoms with E-state index in [1.165, 1.54) is 0 Å². The molecule has 0 unspecified atom stereocenters. The summed E-state index contributed by atoms with van der Waals surface area (Å²) in [4.78, 5) is 0. The molecule has 0 aromatic heterocycles. The summed E-state index contributed by atoms with van der Waals surface area (Å²) < 4.78 is 34.4. The number of rotatable bonds is 0. The van der Waals surface area contributed by atoms with Crippen LogP contribution in [-0.4, -0.2) is 11.0 Å². The van der Waals surface area contributed by atoms with Crippen molar-refractivity contribution < 1.29 is 78.2 Å². The molecule has 0 fully saturated rings. The van der Waals surface area contributed by atoms with Gasteiger partial charge in [0.15, 0.2) is 0 Å². The fourth-order valence-corrected chi connectivity index (χ4v) is 0. The van der Waals surface area contributed by atoms with Crippen molar-refractivity contribution in [3.05, 3.63) is 0 Å². The second-order valence-corrected chi connectivity index (χ2v) is 1.68. The topological polar surface area (TPSA) is 143 Å². The molecule has 0 heterocycles. The van der Waals surface area contributed by atoms with Gasteiger partial charge in [0.2, 0.25) is 0 Å². The molecule has 0 saturated carbocycles. The van der Waals surface area contributed by atoms with E-state index in [1.807, 2.05) is 0 Å². The molecule has 0 aliphatic rings. The summed E-state index contributed by atoms with van der Waals surface area (Å²) in [6.07, 6.45) is 0. The van der Waals surface area contributed by atoms with Crippen LogP contribution in [0.25, 0.3) is 0 Å². The van der Waals surface area contributed by atoms with Gasteiger partial charge in [-0.25, -0.2) is 0 Å². The molecule has 0 aromatic carbocycles. The van der Waals surface area contributed by atoms with E-state index in [0.717, 1.165) is 0 Å². The molecule has 6 nitrogen and oxygen atoms in total. The molecule has 0 aliphatic heterocycles. The summed E-state index contributed by atoms with van der Waals surface area (Å²) in [5.41, 5.74) is 0. The van der Waals surface area contributed by atoms with Crippen LogP contribution in [0.3, 0.4) is 0 Å². The van der Waals surface area contributed by atoms with E-state index in [9.17, 15) is 0 Å². The van der Waals surface area contributed by atoms with Gasteiger partial charge in [-0.1, -0.05) is 0 Å². The minimum atomic E-state index is -5.75. The van der Waals surface area contributed by atoms with Crippen molar-refractivity contribution >= 4 is 0 Å². The molecule has 0 rings (SSSR count). The van der Waals surface area contributed by atoms with Gasteiger partial charge in [0, 0.05) is 0 Å². The van der Waals surface area contributed by atoms with E-state index >= 15 is 0 Å². The molecule has 0 amide bonds. The molecule has 9 heavy (non-hydrogen) atoms. The van der Waals surface area contributed by atoms with E-state index in [-0.39, 0.29) is 48.7 Å². The van der Waals surface area contributed by atoms with Crippen LogP contribution in [0.4, 0.5) is 0 Å². The minimum absolute atomic E-state index is 0. The molecule has 0 saturated heterocycles. The average Bonchev–Trinajstić information content (AvgIpc) is 0.722. The fourth-order valence-electron chi connectivity index (χ4n) is 0. The summed E-state index contributed by atoms with van der Waals surface area (Å²) in [5, 5.41) is 0. The Kier molecular flexibility index (Phi) is 42.3. The van der Waals surface area contributed by atoms with Gasteiger partial charge in [-0.2, -0.15) is 0 Å². The molecular weight excluding hydrogens is 162 g/mol. The monoisotopic (exact) mass is 166 g/mol. The van der Waals surface area contributed by atoms with Crippen LogP contribution < -0.4 is 46.0 Å². The summed E-state index contributed by atoms with van der Waals surface area (Å²) in [6.45, 7) is 0. The zero-order valence-electron chi connectivity index (χ0n) is 5.04. The summed E-state index contributed by atoms with van der Waals surface area (Å²) in [6, 6.07) is 0. The summed E-state index contributed by atoms with van der Waals surface area (Å²) in [7, 11) is 0. The maximum absolute atomic E-state index is 8.59. The van der Waals surface area contributed by atoms with E-state index in [2.05, 4.69) is 0 Å². The Bertz CT molecular complexity index is 94.2. The van der Waals surface area contributed by atoms with Crippen molar-refractivity contribution in [1.29, 1.82) is 0 Å². The van der Waals surface area contributed by atoms with Gasteiger partial charge in [-0.3, -0.25) is 0 Å². The van der Waals surface area contributed by atoms with Crippen LogP contribution in [-0.2, 0) is 21.2 Å². The van der Waals surface area contributed by atoms with Crippen molar-refractivity contribution in [2.24, 2.45) is 0 Å². The van der Waals surface area contributed by atoms with Crippen LogP contribution in [0.5, 0.6) is 0 Å². The van der Waals surface area contributed by atoms with Crippen molar-refractivity contribution in [3.63, 3.8) is 0 Å². The predicted molar refractivity (Wildman–Crippen MR) is 8.60 cm³/mol. The standard InChI is InChI=1S/Cr.2Li.2H2O.4O/h;;;2*1H2;;;;/q;2*+1;;;;;2*-1. The number of hydrogen-bond acceptors (Lipinski definition) is 4. The predicted octanol–water partition coefficient (Wildman–Crippen LogP) is -10.3. The van der Waals surface area contributed by atoms with Crippen LogP contribution in [0, 0.1) is 0 Å². The second-order valence-electron chi connectivity index (χ2n) is 0.408. The molecule has 0 radical (unpaired) electrons. The third-order valence-electron chi connectivity index (χ3n) is 0. The average molecular weight is 166 g/mol. The maximum atomic E-state index is 8.59. The Morgan fingerprint density at radius 3 is 0.889 bits per heavy atom. The van der Waals surface area contributed by atoms with Gasteiger partial charge >= 0.3 is 67.3 Å². The van der Waals surface area contributed by atoms with E-state index in [4.69, 9.17) is 15.9 Å².